The second kappa shape index (κ2) is 5.21. The number of hydrogen-bond donors (Lipinski definition) is 0. The summed E-state index contributed by atoms with van der Waals surface area (Å²) in [4.78, 5) is 23.3. The van der Waals surface area contributed by atoms with E-state index < -0.39 is 11.4 Å². The zero-order chi connectivity index (χ0) is 13.1. The van der Waals surface area contributed by atoms with Gasteiger partial charge < -0.3 is 4.42 Å². The van der Waals surface area contributed by atoms with Gasteiger partial charge in [-0.2, -0.15) is 0 Å². The van der Waals surface area contributed by atoms with E-state index in [2.05, 4.69) is 13.8 Å². The molecule has 0 saturated carbocycles. The molecular formula is C14H17NO3. The molecule has 0 saturated heterocycles. The molecule has 0 aliphatic heterocycles. The van der Waals surface area contributed by atoms with Gasteiger partial charge in [0.2, 0.25) is 0 Å². The Morgan fingerprint density at radius 3 is 2.67 bits per heavy atom. The number of para-hydroxylation sites is 1. The van der Waals surface area contributed by atoms with Gasteiger partial charge in [0.05, 0.1) is 10.9 Å². The molecular weight excluding hydrogens is 230 g/mol. The van der Waals surface area contributed by atoms with Gasteiger partial charge in [0.25, 0.3) is 0 Å². The van der Waals surface area contributed by atoms with Crippen molar-refractivity contribution in [3.05, 3.63) is 45.2 Å². The van der Waals surface area contributed by atoms with Crippen LogP contribution in [0.3, 0.4) is 0 Å². The van der Waals surface area contributed by atoms with Crippen molar-refractivity contribution in [2.24, 2.45) is 5.92 Å². The molecule has 0 spiro atoms. The molecule has 1 aromatic carbocycles. The Hall–Kier alpha value is -1.84. The van der Waals surface area contributed by atoms with Crippen LogP contribution in [0, 0.1) is 5.92 Å². The van der Waals surface area contributed by atoms with Crippen LogP contribution in [-0.4, -0.2) is 4.57 Å². The number of fused-ring (bicyclic) bond motifs is 1. The average molecular weight is 247 g/mol. The summed E-state index contributed by atoms with van der Waals surface area (Å²) in [5.74, 6) is 0.0325. The lowest BCUT2D eigenvalue weighted by Gasteiger charge is -2.09. The van der Waals surface area contributed by atoms with Gasteiger partial charge in [0.1, 0.15) is 0 Å². The third-order valence-corrected chi connectivity index (χ3v) is 2.98. The van der Waals surface area contributed by atoms with Gasteiger partial charge in [0.15, 0.2) is 0 Å². The van der Waals surface area contributed by atoms with Crippen LogP contribution in [0.5, 0.6) is 0 Å². The number of aryl methyl sites for hydroxylation is 1. The third-order valence-electron chi connectivity index (χ3n) is 2.98. The van der Waals surface area contributed by atoms with Crippen LogP contribution in [-0.2, 0) is 6.54 Å². The summed E-state index contributed by atoms with van der Waals surface area (Å²) in [6.45, 7) is 4.87. The summed E-state index contributed by atoms with van der Waals surface area (Å²) in [7, 11) is 0. The predicted molar refractivity (Wildman–Crippen MR) is 70.8 cm³/mol. The van der Waals surface area contributed by atoms with Gasteiger partial charge >= 0.3 is 11.4 Å². The minimum absolute atomic E-state index is 0.460. The summed E-state index contributed by atoms with van der Waals surface area (Å²) in [5.41, 5.74) is 0.0956. The van der Waals surface area contributed by atoms with Gasteiger partial charge in [-0.15, -0.1) is 0 Å². The normalized spacial score (nSPS) is 11.3. The molecule has 4 nitrogen and oxygen atoms in total. The quantitative estimate of drug-likeness (QED) is 0.833. The molecule has 4 heteroatoms. The number of aromatic nitrogens is 1. The van der Waals surface area contributed by atoms with Crippen LogP contribution in [0.1, 0.15) is 26.7 Å². The van der Waals surface area contributed by atoms with E-state index in [1.54, 1.807) is 22.8 Å². The summed E-state index contributed by atoms with van der Waals surface area (Å²) in [5, 5.41) is 0.460. The van der Waals surface area contributed by atoms with Crippen molar-refractivity contribution in [2.75, 3.05) is 0 Å². The minimum atomic E-state index is -0.567. The highest BCUT2D eigenvalue weighted by Gasteiger charge is 2.08. The van der Waals surface area contributed by atoms with E-state index in [1.165, 1.54) is 0 Å². The van der Waals surface area contributed by atoms with E-state index in [4.69, 9.17) is 4.42 Å². The largest absolute Gasteiger partial charge is 0.422 e. The number of benzene rings is 1. The molecule has 0 bridgehead atoms. The monoisotopic (exact) mass is 247 g/mol. The Balaban J connectivity index is 2.43. The zero-order valence-corrected chi connectivity index (χ0v) is 10.7. The van der Waals surface area contributed by atoms with Gasteiger partial charge in [-0.3, -0.25) is 4.57 Å². The first-order chi connectivity index (χ1) is 8.59. The van der Waals surface area contributed by atoms with Crippen LogP contribution in [0.4, 0.5) is 0 Å². The highest BCUT2D eigenvalue weighted by Crippen LogP contribution is 2.10. The Morgan fingerprint density at radius 2 is 1.94 bits per heavy atom. The number of nitrogens with zero attached hydrogens (tertiary/aromatic N) is 1. The van der Waals surface area contributed by atoms with Crippen LogP contribution >= 0.6 is 0 Å². The van der Waals surface area contributed by atoms with Crippen molar-refractivity contribution < 1.29 is 4.42 Å². The molecule has 1 heterocycles. The minimum Gasteiger partial charge on any atom is -0.372 e. The van der Waals surface area contributed by atoms with E-state index in [1.807, 2.05) is 6.07 Å². The second-order valence-corrected chi connectivity index (χ2v) is 4.86. The molecule has 96 valence electrons. The van der Waals surface area contributed by atoms with Gasteiger partial charge in [-0.25, -0.2) is 9.59 Å². The maximum Gasteiger partial charge on any atom is 0.422 e. The molecule has 0 amide bonds. The van der Waals surface area contributed by atoms with Crippen molar-refractivity contribution in [3.8, 4) is 0 Å². The van der Waals surface area contributed by atoms with Gasteiger partial charge in [-0.05, 0) is 30.9 Å². The topological polar surface area (TPSA) is 52.2 Å². The standard InChI is InChI=1S/C14H17NO3/c1-10(2)6-5-9-15-12-8-4-3-7-11(12)13(16)18-14(15)17/h3-4,7-8,10H,5-6,9H2,1-2H3. The van der Waals surface area contributed by atoms with E-state index in [9.17, 15) is 9.59 Å². The fourth-order valence-electron chi connectivity index (χ4n) is 2.04. The van der Waals surface area contributed by atoms with Crippen LogP contribution in [0.25, 0.3) is 10.9 Å². The van der Waals surface area contributed by atoms with E-state index >= 15 is 0 Å². The smallest absolute Gasteiger partial charge is 0.372 e. The van der Waals surface area contributed by atoms with Crippen molar-refractivity contribution in [2.45, 2.75) is 33.2 Å². The summed E-state index contributed by atoms with van der Waals surface area (Å²) in [6, 6.07) is 7.05. The average Bonchev–Trinajstić information content (AvgIpc) is 2.33. The van der Waals surface area contributed by atoms with Crippen LogP contribution in [0.15, 0.2) is 38.3 Å². The molecule has 1 aromatic heterocycles. The summed E-state index contributed by atoms with van der Waals surface area (Å²) in [6.07, 6.45) is 1.94. The van der Waals surface area contributed by atoms with Crippen molar-refractivity contribution in [3.63, 3.8) is 0 Å². The SMILES string of the molecule is CC(C)CCCn1c(=O)oc(=O)c2ccccc21. The van der Waals surface area contributed by atoms with Crippen molar-refractivity contribution >= 4 is 10.9 Å². The lowest BCUT2D eigenvalue weighted by molar-refractivity contribution is 0.403. The molecule has 18 heavy (non-hydrogen) atoms. The maximum atomic E-state index is 11.7. The first-order valence-corrected chi connectivity index (χ1v) is 6.22. The van der Waals surface area contributed by atoms with E-state index in [0.29, 0.717) is 23.4 Å². The molecule has 0 atom stereocenters. The Kier molecular flexibility index (Phi) is 3.65. The Morgan fingerprint density at radius 1 is 1.22 bits per heavy atom. The summed E-state index contributed by atoms with van der Waals surface area (Å²) >= 11 is 0. The maximum absolute atomic E-state index is 11.7. The molecule has 0 unspecified atom stereocenters. The molecule has 2 aromatic rings. The van der Waals surface area contributed by atoms with Crippen LogP contribution < -0.4 is 11.4 Å². The van der Waals surface area contributed by atoms with E-state index in [0.717, 1.165) is 12.8 Å². The van der Waals surface area contributed by atoms with Crippen molar-refractivity contribution in [1.82, 2.24) is 4.57 Å². The van der Waals surface area contributed by atoms with E-state index in [-0.39, 0.29) is 0 Å². The first-order valence-electron chi connectivity index (χ1n) is 6.22. The second-order valence-electron chi connectivity index (χ2n) is 4.86. The molecule has 0 radical (unpaired) electrons. The number of rotatable bonds is 4. The third kappa shape index (κ3) is 2.53. The predicted octanol–water partition coefficient (Wildman–Crippen LogP) is 2.39. The zero-order valence-electron chi connectivity index (χ0n) is 10.7. The first kappa shape index (κ1) is 12.6. The summed E-state index contributed by atoms with van der Waals surface area (Å²) < 4.78 is 6.27. The fraction of sp³-hybridized carbons (Fsp3) is 0.429. The molecule has 0 aliphatic rings. The highest BCUT2D eigenvalue weighted by molar-refractivity contribution is 5.77. The molecule has 2 rings (SSSR count). The van der Waals surface area contributed by atoms with Crippen LogP contribution in [0.2, 0.25) is 0 Å². The lowest BCUT2D eigenvalue weighted by atomic mass is 10.1. The molecule has 0 aliphatic carbocycles. The Labute approximate surface area is 105 Å². The van der Waals surface area contributed by atoms with Gasteiger partial charge in [-0.1, -0.05) is 26.0 Å². The highest BCUT2D eigenvalue weighted by atomic mass is 16.4. The van der Waals surface area contributed by atoms with Crippen molar-refractivity contribution in [1.29, 1.82) is 0 Å². The molecule has 0 fully saturated rings. The number of hydrogen-bond acceptors (Lipinski definition) is 3. The molecule has 0 N–H and O–H groups in total. The lowest BCUT2D eigenvalue weighted by Crippen LogP contribution is -2.25. The Bertz CT molecular complexity index is 652. The van der Waals surface area contributed by atoms with Gasteiger partial charge in [0, 0.05) is 6.54 Å². The fourth-order valence-corrected chi connectivity index (χ4v) is 2.04.